The van der Waals surface area contributed by atoms with E-state index >= 15 is 0 Å². The van der Waals surface area contributed by atoms with Crippen LogP contribution in [-0.2, 0) is 0 Å². The fraction of sp³-hybridized carbons (Fsp3) is 0. The highest BCUT2D eigenvalue weighted by Gasteiger charge is 2.25. The zero-order valence-electron chi connectivity index (χ0n) is 9.40. The first-order valence-electron chi connectivity index (χ1n) is 5.26. The molecule has 3 rings (SSSR count). The number of aromatic nitrogens is 2. The van der Waals surface area contributed by atoms with E-state index in [1.54, 1.807) is 24.3 Å². The van der Waals surface area contributed by atoms with Gasteiger partial charge in [-0.05, 0) is 22.9 Å². The minimum atomic E-state index is -0.247. The van der Waals surface area contributed by atoms with Gasteiger partial charge in [0.1, 0.15) is 0 Å². The van der Waals surface area contributed by atoms with Gasteiger partial charge < -0.3 is 0 Å². The lowest BCUT2D eigenvalue weighted by Crippen LogP contribution is -2.09. The van der Waals surface area contributed by atoms with Crippen LogP contribution in [0.15, 0.2) is 35.0 Å². The van der Waals surface area contributed by atoms with E-state index in [0.29, 0.717) is 9.75 Å². The number of rotatable bonds is 4. The van der Waals surface area contributed by atoms with E-state index in [9.17, 15) is 9.59 Å². The van der Waals surface area contributed by atoms with Crippen molar-refractivity contribution >= 4 is 46.0 Å². The standard InChI is InChI=1S/C12H6N2O2S3/c15-11(7-3-1-5-17-7)9-10(14-19-13-9)12(16)8-4-2-6-18-8/h1-6H. The van der Waals surface area contributed by atoms with Crippen LogP contribution in [0.1, 0.15) is 30.7 Å². The van der Waals surface area contributed by atoms with Crippen LogP contribution in [0, 0.1) is 0 Å². The Morgan fingerprint density at radius 3 is 1.68 bits per heavy atom. The third-order valence-electron chi connectivity index (χ3n) is 2.41. The maximum Gasteiger partial charge on any atom is 0.224 e. The summed E-state index contributed by atoms with van der Waals surface area (Å²) in [6, 6.07) is 7.01. The van der Waals surface area contributed by atoms with Gasteiger partial charge >= 0.3 is 0 Å². The summed E-state index contributed by atoms with van der Waals surface area (Å²) in [6.45, 7) is 0. The van der Waals surface area contributed by atoms with Gasteiger partial charge in [0.15, 0.2) is 11.4 Å². The summed E-state index contributed by atoms with van der Waals surface area (Å²) in [7, 11) is 0. The number of hydrogen-bond acceptors (Lipinski definition) is 7. The molecular weight excluding hydrogens is 300 g/mol. The Morgan fingerprint density at radius 2 is 1.32 bits per heavy atom. The fourth-order valence-corrected chi connectivity index (χ4v) is 3.41. The van der Waals surface area contributed by atoms with Crippen LogP contribution in [0.4, 0.5) is 0 Å². The van der Waals surface area contributed by atoms with Crippen molar-refractivity contribution in [3.8, 4) is 0 Å². The molecule has 0 aliphatic carbocycles. The van der Waals surface area contributed by atoms with Crippen LogP contribution in [0.3, 0.4) is 0 Å². The summed E-state index contributed by atoms with van der Waals surface area (Å²) in [6.07, 6.45) is 0. The molecule has 0 radical (unpaired) electrons. The lowest BCUT2D eigenvalue weighted by atomic mass is 10.1. The molecule has 0 N–H and O–H groups in total. The van der Waals surface area contributed by atoms with Crippen molar-refractivity contribution in [2.75, 3.05) is 0 Å². The quantitative estimate of drug-likeness (QED) is 0.695. The van der Waals surface area contributed by atoms with Crippen molar-refractivity contribution in [2.45, 2.75) is 0 Å². The first-order valence-corrected chi connectivity index (χ1v) is 7.75. The maximum atomic E-state index is 12.2. The molecule has 0 saturated carbocycles. The monoisotopic (exact) mass is 306 g/mol. The average Bonchev–Trinajstić information content (AvgIpc) is 3.16. The Bertz CT molecular complexity index is 653. The van der Waals surface area contributed by atoms with Crippen molar-refractivity contribution in [2.24, 2.45) is 0 Å². The molecule has 0 aliphatic heterocycles. The van der Waals surface area contributed by atoms with E-state index in [1.165, 1.54) is 22.7 Å². The second-order valence-electron chi connectivity index (χ2n) is 3.57. The normalized spacial score (nSPS) is 10.5. The molecule has 7 heteroatoms. The maximum absolute atomic E-state index is 12.2. The molecule has 4 nitrogen and oxygen atoms in total. The van der Waals surface area contributed by atoms with Gasteiger partial charge in [-0.2, -0.15) is 8.75 Å². The van der Waals surface area contributed by atoms with Crippen molar-refractivity contribution in [1.82, 2.24) is 8.75 Å². The van der Waals surface area contributed by atoms with E-state index in [-0.39, 0.29) is 23.0 Å². The van der Waals surface area contributed by atoms with Gasteiger partial charge in [0.05, 0.1) is 21.5 Å². The molecule has 0 bridgehead atoms. The molecule has 0 spiro atoms. The SMILES string of the molecule is O=C(c1cccs1)c1nsnc1C(=O)c1cccs1. The van der Waals surface area contributed by atoms with Gasteiger partial charge in [-0.15, -0.1) is 22.7 Å². The molecule has 19 heavy (non-hydrogen) atoms. The fourth-order valence-electron chi connectivity index (χ4n) is 1.54. The van der Waals surface area contributed by atoms with E-state index in [4.69, 9.17) is 0 Å². The summed E-state index contributed by atoms with van der Waals surface area (Å²) in [5.41, 5.74) is 0.289. The summed E-state index contributed by atoms with van der Waals surface area (Å²) in [5, 5.41) is 3.63. The van der Waals surface area contributed by atoms with Gasteiger partial charge in [-0.3, -0.25) is 9.59 Å². The van der Waals surface area contributed by atoms with E-state index in [2.05, 4.69) is 8.75 Å². The molecule has 3 aromatic heterocycles. The number of thiophene rings is 2. The molecule has 0 unspecified atom stereocenters. The number of carbonyl (C=O) groups is 2. The lowest BCUT2D eigenvalue weighted by molar-refractivity contribution is 0.100. The number of hydrogen-bond donors (Lipinski definition) is 0. The second kappa shape index (κ2) is 5.12. The predicted octanol–water partition coefficient (Wildman–Crippen LogP) is 3.12. The zero-order valence-corrected chi connectivity index (χ0v) is 11.8. The highest BCUT2D eigenvalue weighted by atomic mass is 32.1. The second-order valence-corrected chi connectivity index (χ2v) is 6.00. The Balaban J connectivity index is 1.99. The highest BCUT2D eigenvalue weighted by Crippen LogP contribution is 2.21. The van der Waals surface area contributed by atoms with Crippen LogP contribution in [0.5, 0.6) is 0 Å². The Kier molecular flexibility index (Phi) is 3.33. The molecule has 0 aliphatic rings. The number of ketones is 2. The minimum absolute atomic E-state index is 0.144. The summed E-state index contributed by atoms with van der Waals surface area (Å²) < 4.78 is 7.95. The zero-order chi connectivity index (χ0) is 13.2. The van der Waals surface area contributed by atoms with Crippen LogP contribution in [0.2, 0.25) is 0 Å². The van der Waals surface area contributed by atoms with Crippen LogP contribution >= 0.6 is 34.4 Å². The minimum Gasteiger partial charge on any atom is -0.286 e. The molecule has 94 valence electrons. The molecule has 3 aromatic rings. The van der Waals surface area contributed by atoms with Gasteiger partial charge in [0.25, 0.3) is 0 Å². The molecule has 3 heterocycles. The molecular formula is C12H6N2O2S3. The van der Waals surface area contributed by atoms with Crippen molar-refractivity contribution < 1.29 is 9.59 Å². The van der Waals surface area contributed by atoms with Crippen LogP contribution in [-0.4, -0.2) is 20.3 Å². The molecule has 0 aromatic carbocycles. The Labute approximate surface area is 120 Å². The molecule has 0 fully saturated rings. The number of carbonyl (C=O) groups excluding carboxylic acids is 2. The summed E-state index contributed by atoms with van der Waals surface area (Å²) in [5.74, 6) is -0.493. The molecule has 0 amide bonds. The first kappa shape index (κ1) is 12.3. The van der Waals surface area contributed by atoms with Crippen molar-refractivity contribution in [3.05, 3.63) is 56.2 Å². The summed E-state index contributed by atoms with van der Waals surface area (Å²) in [4.78, 5) is 25.6. The van der Waals surface area contributed by atoms with Gasteiger partial charge in [0.2, 0.25) is 11.6 Å². The van der Waals surface area contributed by atoms with Gasteiger partial charge in [-0.1, -0.05) is 12.1 Å². The van der Waals surface area contributed by atoms with Crippen molar-refractivity contribution in [3.63, 3.8) is 0 Å². The van der Waals surface area contributed by atoms with E-state index in [0.717, 1.165) is 11.7 Å². The Hall–Kier alpha value is -1.70. The van der Waals surface area contributed by atoms with E-state index in [1.807, 2.05) is 10.8 Å². The van der Waals surface area contributed by atoms with E-state index < -0.39 is 0 Å². The van der Waals surface area contributed by atoms with Crippen LogP contribution < -0.4 is 0 Å². The summed E-state index contributed by atoms with van der Waals surface area (Å²) >= 11 is 3.54. The van der Waals surface area contributed by atoms with Gasteiger partial charge in [0, 0.05) is 0 Å². The molecule has 0 saturated heterocycles. The van der Waals surface area contributed by atoms with Crippen molar-refractivity contribution in [1.29, 1.82) is 0 Å². The largest absolute Gasteiger partial charge is 0.286 e. The average molecular weight is 306 g/mol. The topological polar surface area (TPSA) is 59.9 Å². The van der Waals surface area contributed by atoms with Gasteiger partial charge in [-0.25, -0.2) is 0 Å². The third kappa shape index (κ3) is 2.27. The predicted molar refractivity (Wildman–Crippen MR) is 75.4 cm³/mol. The highest BCUT2D eigenvalue weighted by molar-refractivity contribution is 7.12. The van der Waals surface area contributed by atoms with Crippen LogP contribution in [0.25, 0.3) is 0 Å². The lowest BCUT2D eigenvalue weighted by Gasteiger charge is -1.96. The number of nitrogens with zero attached hydrogens (tertiary/aromatic N) is 2. The smallest absolute Gasteiger partial charge is 0.224 e. The molecule has 0 atom stereocenters. The Morgan fingerprint density at radius 1 is 0.842 bits per heavy atom. The first-order chi connectivity index (χ1) is 9.27. The third-order valence-corrected chi connectivity index (χ3v) is 4.67.